The van der Waals surface area contributed by atoms with E-state index in [1.807, 2.05) is 20.8 Å². The van der Waals surface area contributed by atoms with Gasteiger partial charge in [0, 0.05) is 25.7 Å². The van der Waals surface area contributed by atoms with Crippen molar-refractivity contribution in [3.8, 4) is 0 Å². The monoisotopic (exact) mass is 312 g/mol. The van der Waals surface area contributed by atoms with Crippen molar-refractivity contribution in [1.82, 2.24) is 9.62 Å². The van der Waals surface area contributed by atoms with Crippen molar-refractivity contribution < 1.29 is 13.2 Å². The molecule has 0 saturated heterocycles. The molecule has 6 heteroatoms. The Kier molecular flexibility index (Phi) is 5.53. The van der Waals surface area contributed by atoms with E-state index in [4.69, 9.17) is 0 Å². The van der Waals surface area contributed by atoms with Crippen LogP contribution in [-0.4, -0.2) is 38.8 Å². The summed E-state index contributed by atoms with van der Waals surface area (Å²) in [6, 6.07) is 3.23. The minimum absolute atomic E-state index is 0.0491. The third-order valence-corrected chi connectivity index (χ3v) is 5.57. The van der Waals surface area contributed by atoms with E-state index < -0.39 is 10.0 Å². The zero-order valence-corrected chi connectivity index (χ0v) is 14.3. The van der Waals surface area contributed by atoms with Gasteiger partial charge in [-0.1, -0.05) is 6.92 Å². The maximum absolute atomic E-state index is 12.4. The predicted molar refractivity (Wildman–Crippen MR) is 84.0 cm³/mol. The molecule has 0 aliphatic rings. The van der Waals surface area contributed by atoms with Gasteiger partial charge >= 0.3 is 0 Å². The average Bonchev–Trinajstić information content (AvgIpc) is 2.40. The second-order valence-corrected chi connectivity index (χ2v) is 7.61. The van der Waals surface area contributed by atoms with Crippen molar-refractivity contribution in [3.63, 3.8) is 0 Å². The summed E-state index contributed by atoms with van der Waals surface area (Å²) in [5, 5.41) is 2.85. The van der Waals surface area contributed by atoms with Crippen LogP contribution in [0.1, 0.15) is 41.8 Å². The van der Waals surface area contributed by atoms with E-state index in [-0.39, 0.29) is 16.8 Å². The molecule has 1 amide bonds. The van der Waals surface area contributed by atoms with Crippen LogP contribution >= 0.6 is 0 Å². The predicted octanol–water partition coefficient (Wildman–Crippen LogP) is 2.08. The van der Waals surface area contributed by atoms with Gasteiger partial charge in [0.15, 0.2) is 0 Å². The number of amides is 1. The van der Waals surface area contributed by atoms with E-state index in [9.17, 15) is 13.2 Å². The lowest BCUT2D eigenvalue weighted by Crippen LogP contribution is -2.32. The Morgan fingerprint density at radius 3 is 2.33 bits per heavy atom. The summed E-state index contributed by atoms with van der Waals surface area (Å²) in [5.74, 6) is -0.248. The molecule has 0 heterocycles. The second-order valence-electron chi connectivity index (χ2n) is 5.49. The van der Waals surface area contributed by atoms with Crippen LogP contribution in [0.15, 0.2) is 17.0 Å². The lowest BCUT2D eigenvalue weighted by molar-refractivity contribution is 0.0939. The van der Waals surface area contributed by atoms with E-state index in [2.05, 4.69) is 5.32 Å². The highest BCUT2D eigenvalue weighted by molar-refractivity contribution is 7.89. The van der Waals surface area contributed by atoms with Gasteiger partial charge in [0.05, 0.1) is 4.90 Å². The fourth-order valence-electron chi connectivity index (χ4n) is 1.83. The summed E-state index contributed by atoms with van der Waals surface area (Å²) in [6.45, 7) is 7.45. The summed E-state index contributed by atoms with van der Waals surface area (Å²) < 4.78 is 25.9. The van der Waals surface area contributed by atoms with Gasteiger partial charge in [-0.15, -0.1) is 0 Å². The summed E-state index contributed by atoms with van der Waals surface area (Å²) in [6.07, 6.45) is 0.819. The number of hydrogen-bond donors (Lipinski definition) is 1. The number of nitrogens with zero attached hydrogens (tertiary/aromatic N) is 1. The van der Waals surface area contributed by atoms with Gasteiger partial charge in [-0.2, -0.15) is 0 Å². The van der Waals surface area contributed by atoms with Gasteiger partial charge in [-0.25, -0.2) is 12.7 Å². The number of hydrogen-bond acceptors (Lipinski definition) is 3. The molecular weight excluding hydrogens is 288 g/mol. The van der Waals surface area contributed by atoms with Gasteiger partial charge in [0.1, 0.15) is 0 Å². The molecule has 0 aliphatic heterocycles. The van der Waals surface area contributed by atoms with Gasteiger partial charge in [0.25, 0.3) is 5.91 Å². The van der Waals surface area contributed by atoms with Crippen molar-refractivity contribution >= 4 is 15.9 Å². The van der Waals surface area contributed by atoms with E-state index in [0.717, 1.165) is 16.3 Å². The smallest absolute Gasteiger partial charge is 0.251 e. The van der Waals surface area contributed by atoms with Crippen LogP contribution in [0.3, 0.4) is 0 Å². The lowest BCUT2D eigenvalue weighted by atomic mass is 10.1. The van der Waals surface area contributed by atoms with Gasteiger partial charge in [-0.05, 0) is 50.5 Å². The summed E-state index contributed by atoms with van der Waals surface area (Å²) in [5.41, 5.74) is 1.83. The largest absolute Gasteiger partial charge is 0.350 e. The van der Waals surface area contributed by atoms with E-state index in [1.54, 1.807) is 13.0 Å². The van der Waals surface area contributed by atoms with E-state index >= 15 is 0 Å². The topological polar surface area (TPSA) is 66.5 Å². The number of rotatable bonds is 5. The van der Waals surface area contributed by atoms with Crippen LogP contribution < -0.4 is 5.32 Å². The highest BCUT2D eigenvalue weighted by Gasteiger charge is 2.23. The molecule has 118 valence electrons. The van der Waals surface area contributed by atoms with Crippen molar-refractivity contribution in [3.05, 3.63) is 28.8 Å². The summed E-state index contributed by atoms with van der Waals surface area (Å²) in [4.78, 5) is 12.4. The molecule has 1 atom stereocenters. The normalized spacial score (nSPS) is 13.3. The molecular formula is C15H24N2O3S. The molecule has 1 aromatic carbocycles. The number of sulfonamides is 1. The molecule has 0 aromatic heterocycles. The third-order valence-electron chi connectivity index (χ3n) is 3.63. The van der Waals surface area contributed by atoms with Crippen molar-refractivity contribution in [2.45, 2.75) is 45.1 Å². The molecule has 1 aromatic rings. The minimum atomic E-state index is -3.57. The molecule has 0 bridgehead atoms. The first-order valence-electron chi connectivity index (χ1n) is 6.95. The standard InChI is InChI=1S/C15H24N2O3S/c1-7-11(3)16-15(18)13-8-10(2)12(4)14(9-13)21(19,20)17(5)6/h8-9,11H,7H2,1-6H3,(H,16,18). The Bertz CT molecular complexity index is 637. The first-order chi connectivity index (χ1) is 9.61. The van der Waals surface area contributed by atoms with E-state index in [1.165, 1.54) is 20.2 Å². The molecule has 0 radical (unpaired) electrons. The van der Waals surface area contributed by atoms with Crippen LogP contribution in [0.5, 0.6) is 0 Å². The van der Waals surface area contributed by atoms with Crippen molar-refractivity contribution in [2.24, 2.45) is 0 Å². The first-order valence-corrected chi connectivity index (χ1v) is 8.39. The lowest BCUT2D eigenvalue weighted by Gasteiger charge is -2.17. The van der Waals surface area contributed by atoms with Crippen LogP contribution in [0, 0.1) is 13.8 Å². The molecule has 5 nitrogen and oxygen atoms in total. The number of nitrogens with one attached hydrogen (secondary N) is 1. The number of benzene rings is 1. The first kappa shape index (κ1) is 17.7. The zero-order valence-electron chi connectivity index (χ0n) is 13.5. The molecule has 0 aliphatic carbocycles. The molecule has 0 fully saturated rings. The molecule has 1 unspecified atom stereocenters. The molecule has 0 saturated carbocycles. The summed E-state index contributed by atoms with van der Waals surface area (Å²) >= 11 is 0. The van der Waals surface area contributed by atoms with Crippen LogP contribution in [0.25, 0.3) is 0 Å². The second kappa shape index (κ2) is 6.58. The Balaban J connectivity index is 3.34. The van der Waals surface area contributed by atoms with E-state index in [0.29, 0.717) is 11.1 Å². The average molecular weight is 312 g/mol. The fourth-order valence-corrected chi connectivity index (χ4v) is 3.05. The highest BCUT2D eigenvalue weighted by atomic mass is 32.2. The third kappa shape index (κ3) is 3.83. The number of carbonyl (C=O) groups excluding carboxylic acids is 1. The SMILES string of the molecule is CCC(C)NC(=O)c1cc(C)c(C)c(S(=O)(=O)N(C)C)c1. The maximum Gasteiger partial charge on any atom is 0.251 e. The number of carbonyl (C=O) groups is 1. The van der Waals surface area contributed by atoms with Crippen LogP contribution in [0.2, 0.25) is 0 Å². The minimum Gasteiger partial charge on any atom is -0.350 e. The van der Waals surface area contributed by atoms with Crippen LogP contribution in [-0.2, 0) is 10.0 Å². The van der Waals surface area contributed by atoms with Gasteiger partial charge in [-0.3, -0.25) is 4.79 Å². The van der Waals surface area contributed by atoms with Gasteiger partial charge in [0.2, 0.25) is 10.0 Å². The molecule has 1 N–H and O–H groups in total. The van der Waals surface area contributed by atoms with Crippen molar-refractivity contribution in [2.75, 3.05) is 14.1 Å². The van der Waals surface area contributed by atoms with Crippen molar-refractivity contribution in [1.29, 1.82) is 0 Å². The quantitative estimate of drug-likeness (QED) is 0.905. The highest BCUT2D eigenvalue weighted by Crippen LogP contribution is 2.23. The Labute approximate surface area is 127 Å². The Morgan fingerprint density at radius 2 is 1.86 bits per heavy atom. The van der Waals surface area contributed by atoms with Gasteiger partial charge < -0.3 is 5.32 Å². The zero-order chi connectivity index (χ0) is 16.4. The summed E-state index contributed by atoms with van der Waals surface area (Å²) in [7, 11) is -0.602. The van der Waals surface area contributed by atoms with Crippen LogP contribution in [0.4, 0.5) is 0 Å². The molecule has 0 spiro atoms. The Hall–Kier alpha value is -1.40. The Morgan fingerprint density at radius 1 is 1.29 bits per heavy atom. The molecule has 21 heavy (non-hydrogen) atoms. The number of aryl methyl sites for hydroxylation is 1. The molecule has 1 rings (SSSR count). The fraction of sp³-hybridized carbons (Fsp3) is 0.533. The maximum atomic E-state index is 12.4.